The summed E-state index contributed by atoms with van der Waals surface area (Å²) in [5.41, 5.74) is 4.00. The van der Waals surface area contributed by atoms with E-state index in [2.05, 4.69) is 18.2 Å². The Morgan fingerprint density at radius 3 is 2.08 bits per heavy atom. The highest BCUT2D eigenvalue weighted by Gasteiger charge is 2.14. The van der Waals surface area contributed by atoms with E-state index in [0.717, 1.165) is 24.2 Å². The number of nitrogens with zero attached hydrogens (tertiary/aromatic N) is 1. The predicted molar refractivity (Wildman–Crippen MR) is 110 cm³/mol. The third kappa shape index (κ3) is 5.15. The van der Waals surface area contributed by atoms with Gasteiger partial charge in [0.2, 0.25) is 0 Å². The summed E-state index contributed by atoms with van der Waals surface area (Å²) in [5, 5.41) is 19.0. The molecule has 0 heterocycles. The highest BCUT2D eigenvalue weighted by molar-refractivity contribution is 6.55. The van der Waals surface area contributed by atoms with Crippen molar-refractivity contribution in [3.63, 3.8) is 0 Å². The zero-order valence-electron chi connectivity index (χ0n) is 15.6. The summed E-state index contributed by atoms with van der Waals surface area (Å²) < 4.78 is 0. The lowest BCUT2D eigenvalue weighted by molar-refractivity contribution is 0.475. The topological polar surface area (TPSA) is 44.0 Å². The minimum absolute atomic E-state index is 0.255. The molecule has 0 saturated heterocycles. The van der Waals surface area contributed by atoms with Crippen LogP contribution >= 0.6 is 0 Å². The fraction of sp³-hybridized carbons (Fsp3) is 0.435. The van der Waals surface area contributed by atoms with Gasteiger partial charge in [-0.05, 0) is 29.3 Å². The van der Waals surface area contributed by atoms with Gasteiger partial charge in [-0.2, -0.15) is 5.26 Å². The number of phenolic OH excluding ortho intramolecular Hbond substituents is 1. The third-order valence-corrected chi connectivity index (χ3v) is 5.63. The van der Waals surface area contributed by atoms with Crippen LogP contribution in [0.15, 0.2) is 42.5 Å². The normalized spacial score (nSPS) is 16.6. The van der Waals surface area contributed by atoms with E-state index < -0.39 is 0 Å². The maximum atomic E-state index is 9.53. The molecule has 0 unspecified atom stereocenters. The quantitative estimate of drug-likeness (QED) is 0.767. The van der Waals surface area contributed by atoms with Crippen LogP contribution in [0.1, 0.15) is 63.4 Å². The van der Waals surface area contributed by atoms with E-state index >= 15 is 0 Å². The van der Waals surface area contributed by atoms with Gasteiger partial charge < -0.3 is 5.11 Å². The van der Waals surface area contributed by atoms with Crippen LogP contribution in [0.4, 0.5) is 0 Å². The van der Waals surface area contributed by atoms with Gasteiger partial charge in [-0.15, -0.1) is 0 Å². The second-order valence-corrected chi connectivity index (χ2v) is 7.66. The Morgan fingerprint density at radius 1 is 0.846 bits per heavy atom. The van der Waals surface area contributed by atoms with Gasteiger partial charge in [0.25, 0.3) is 0 Å². The predicted octanol–water partition coefficient (Wildman–Crippen LogP) is 5.31. The minimum Gasteiger partial charge on any atom is -0.508 e. The molecule has 3 heteroatoms. The van der Waals surface area contributed by atoms with Gasteiger partial charge in [0, 0.05) is 0 Å². The van der Waals surface area contributed by atoms with Gasteiger partial charge in [0.1, 0.15) is 5.75 Å². The van der Waals surface area contributed by atoms with E-state index in [1.54, 1.807) is 12.1 Å². The fourth-order valence-corrected chi connectivity index (χ4v) is 4.13. The molecule has 1 N–H and O–H groups in total. The number of rotatable bonds is 3. The SMILES string of the molecule is N#Cc1ccc(BC2CCCCCCCCC2)cc1-c1ccc(O)cc1. The van der Waals surface area contributed by atoms with Crippen molar-refractivity contribution in [3.8, 4) is 22.9 Å². The molecule has 0 aliphatic heterocycles. The zero-order valence-corrected chi connectivity index (χ0v) is 15.6. The lowest BCUT2D eigenvalue weighted by atomic mass is 9.55. The van der Waals surface area contributed by atoms with Crippen LogP contribution in [-0.2, 0) is 0 Å². The smallest absolute Gasteiger partial charge is 0.160 e. The van der Waals surface area contributed by atoms with Gasteiger partial charge >= 0.3 is 0 Å². The largest absolute Gasteiger partial charge is 0.508 e. The Hall–Kier alpha value is -2.21. The van der Waals surface area contributed by atoms with Gasteiger partial charge in [-0.25, -0.2) is 0 Å². The number of hydrogen-bond acceptors (Lipinski definition) is 2. The molecule has 0 amide bonds. The Balaban J connectivity index is 1.78. The van der Waals surface area contributed by atoms with Crippen molar-refractivity contribution in [3.05, 3.63) is 48.0 Å². The maximum absolute atomic E-state index is 9.53. The maximum Gasteiger partial charge on any atom is 0.160 e. The molecule has 1 aliphatic carbocycles. The number of aromatic hydroxyl groups is 1. The average molecular weight is 345 g/mol. The molecule has 2 aromatic carbocycles. The number of nitriles is 1. The first-order chi connectivity index (χ1) is 12.8. The zero-order chi connectivity index (χ0) is 18.2. The van der Waals surface area contributed by atoms with Crippen LogP contribution in [0, 0.1) is 11.3 Å². The van der Waals surface area contributed by atoms with Crippen LogP contribution in [0.3, 0.4) is 0 Å². The molecule has 0 atom stereocenters. The summed E-state index contributed by atoms with van der Waals surface area (Å²) in [5.74, 6) is 1.01. The van der Waals surface area contributed by atoms with E-state index in [1.165, 1.54) is 63.3 Å². The Labute approximate surface area is 158 Å². The van der Waals surface area contributed by atoms with Gasteiger partial charge in [-0.1, -0.05) is 93.3 Å². The van der Waals surface area contributed by atoms with Crippen molar-refractivity contribution in [1.82, 2.24) is 0 Å². The molecule has 134 valence electrons. The number of hydrogen-bond donors (Lipinski definition) is 1. The van der Waals surface area contributed by atoms with Gasteiger partial charge in [0.05, 0.1) is 11.6 Å². The van der Waals surface area contributed by atoms with Crippen LogP contribution < -0.4 is 5.46 Å². The first-order valence-electron chi connectivity index (χ1n) is 10.1. The van der Waals surface area contributed by atoms with E-state index in [1.807, 2.05) is 18.2 Å². The van der Waals surface area contributed by atoms with Crippen LogP contribution in [0.5, 0.6) is 5.75 Å². The van der Waals surface area contributed by atoms with E-state index in [4.69, 9.17) is 0 Å². The molecule has 0 radical (unpaired) electrons. The highest BCUT2D eigenvalue weighted by atomic mass is 16.3. The molecule has 26 heavy (non-hydrogen) atoms. The number of benzene rings is 2. The molecule has 0 spiro atoms. The van der Waals surface area contributed by atoms with Gasteiger partial charge in [-0.3, -0.25) is 0 Å². The summed E-state index contributed by atoms with van der Waals surface area (Å²) in [6.07, 6.45) is 12.3. The summed E-state index contributed by atoms with van der Waals surface area (Å²) in [7, 11) is 1.11. The molecule has 2 aromatic rings. The second kappa shape index (κ2) is 9.48. The molecule has 0 bridgehead atoms. The Kier molecular flexibility index (Phi) is 6.78. The highest BCUT2D eigenvalue weighted by Crippen LogP contribution is 2.27. The third-order valence-electron chi connectivity index (χ3n) is 5.63. The second-order valence-electron chi connectivity index (χ2n) is 7.66. The van der Waals surface area contributed by atoms with Crippen LogP contribution in [-0.4, -0.2) is 12.4 Å². The molecular weight excluding hydrogens is 317 g/mol. The Bertz CT molecular complexity index is 738. The van der Waals surface area contributed by atoms with Crippen molar-refractivity contribution < 1.29 is 5.11 Å². The average Bonchev–Trinajstić information content (AvgIpc) is 2.67. The summed E-state index contributed by atoms with van der Waals surface area (Å²) >= 11 is 0. The fourth-order valence-electron chi connectivity index (χ4n) is 4.13. The first-order valence-corrected chi connectivity index (χ1v) is 10.1. The molecule has 2 nitrogen and oxygen atoms in total. The molecular formula is C23H28BNO. The number of phenols is 1. The lowest BCUT2D eigenvalue weighted by Crippen LogP contribution is -2.20. The van der Waals surface area contributed by atoms with Crippen molar-refractivity contribution in [2.45, 2.75) is 63.6 Å². The van der Waals surface area contributed by atoms with Gasteiger partial charge in [0.15, 0.2) is 7.28 Å². The van der Waals surface area contributed by atoms with E-state index in [0.29, 0.717) is 5.56 Å². The van der Waals surface area contributed by atoms with Crippen molar-refractivity contribution in [2.24, 2.45) is 0 Å². The van der Waals surface area contributed by atoms with Crippen molar-refractivity contribution >= 4 is 12.7 Å². The van der Waals surface area contributed by atoms with Crippen molar-refractivity contribution in [1.29, 1.82) is 5.26 Å². The van der Waals surface area contributed by atoms with Crippen LogP contribution in [0.2, 0.25) is 5.82 Å². The molecule has 1 saturated carbocycles. The minimum atomic E-state index is 0.255. The summed E-state index contributed by atoms with van der Waals surface area (Å²) in [6, 6.07) is 15.7. The molecule has 0 aromatic heterocycles. The Morgan fingerprint density at radius 2 is 1.46 bits per heavy atom. The lowest BCUT2D eigenvalue weighted by Gasteiger charge is -2.18. The van der Waals surface area contributed by atoms with E-state index in [9.17, 15) is 10.4 Å². The molecule has 3 rings (SSSR count). The standard InChI is InChI=1S/C23H28BNO/c25-17-19-10-13-21(16-23(19)18-11-14-22(26)15-12-18)24-20-8-6-4-2-1-3-5-7-9-20/h10-16,20,24,26H,1-9H2. The molecule has 1 fully saturated rings. The van der Waals surface area contributed by atoms with Crippen molar-refractivity contribution in [2.75, 3.05) is 0 Å². The van der Waals surface area contributed by atoms with Crippen LogP contribution in [0.25, 0.3) is 11.1 Å². The summed E-state index contributed by atoms with van der Waals surface area (Å²) in [6.45, 7) is 0. The summed E-state index contributed by atoms with van der Waals surface area (Å²) in [4.78, 5) is 0. The first kappa shape index (κ1) is 18.6. The monoisotopic (exact) mass is 345 g/mol. The van der Waals surface area contributed by atoms with E-state index in [-0.39, 0.29) is 5.75 Å². The molecule has 1 aliphatic rings.